The van der Waals surface area contributed by atoms with Crippen LogP contribution in [0, 0.1) is 0 Å². The first-order chi connectivity index (χ1) is 13.6. The molecule has 1 atom stereocenters. The fraction of sp³-hybridized carbons (Fsp3) is 0.286. The van der Waals surface area contributed by atoms with Crippen LogP contribution in [-0.2, 0) is 14.8 Å². The van der Waals surface area contributed by atoms with Crippen molar-refractivity contribution in [3.05, 3.63) is 65.7 Å². The van der Waals surface area contributed by atoms with Crippen LogP contribution in [0.15, 0.2) is 59.6 Å². The summed E-state index contributed by atoms with van der Waals surface area (Å²) in [5.41, 5.74) is 1.98. The molecule has 6 nitrogen and oxygen atoms in total. The average molecular weight is 398 g/mol. The van der Waals surface area contributed by atoms with Gasteiger partial charge in [0.2, 0.25) is 0 Å². The number of sulfonamides is 1. The zero-order chi connectivity index (χ0) is 19.6. The van der Waals surface area contributed by atoms with Crippen LogP contribution in [0.1, 0.15) is 24.0 Å². The summed E-state index contributed by atoms with van der Waals surface area (Å²) >= 11 is 0. The van der Waals surface area contributed by atoms with Crippen molar-refractivity contribution in [2.24, 2.45) is 4.99 Å². The van der Waals surface area contributed by atoms with Gasteiger partial charge in [0.25, 0.3) is 10.0 Å². The second-order valence-corrected chi connectivity index (χ2v) is 8.35. The molecule has 0 amide bonds. The molecule has 2 aromatic rings. The van der Waals surface area contributed by atoms with Crippen molar-refractivity contribution in [1.82, 2.24) is 4.72 Å². The average Bonchev–Trinajstić information content (AvgIpc) is 3.32. The smallest absolute Gasteiger partial charge is 0.264 e. The Morgan fingerprint density at radius 3 is 2.50 bits per heavy atom. The van der Waals surface area contributed by atoms with Crippen molar-refractivity contribution in [3.63, 3.8) is 0 Å². The molecule has 0 aromatic heterocycles. The monoisotopic (exact) mass is 398 g/mol. The van der Waals surface area contributed by atoms with E-state index in [1.54, 1.807) is 31.4 Å². The van der Waals surface area contributed by atoms with E-state index < -0.39 is 10.0 Å². The molecule has 28 heavy (non-hydrogen) atoms. The molecule has 2 aliphatic rings. The van der Waals surface area contributed by atoms with E-state index in [4.69, 9.17) is 9.47 Å². The van der Waals surface area contributed by atoms with E-state index >= 15 is 0 Å². The van der Waals surface area contributed by atoms with Crippen LogP contribution < -0.4 is 9.46 Å². The Bertz CT molecular complexity index is 1010. The number of rotatable bonds is 5. The lowest BCUT2D eigenvalue weighted by molar-refractivity contribution is 0.118. The summed E-state index contributed by atoms with van der Waals surface area (Å²) in [4.78, 5) is 4.82. The van der Waals surface area contributed by atoms with Gasteiger partial charge in [0.15, 0.2) is 0 Å². The molecule has 7 heteroatoms. The molecular weight excluding hydrogens is 376 g/mol. The maximum absolute atomic E-state index is 13.0. The third kappa shape index (κ3) is 3.68. The molecule has 0 spiro atoms. The lowest BCUT2D eigenvalue weighted by atomic mass is 10.0. The zero-order valence-corrected chi connectivity index (χ0v) is 16.4. The van der Waals surface area contributed by atoms with E-state index in [0.717, 1.165) is 25.0 Å². The van der Waals surface area contributed by atoms with Gasteiger partial charge in [0, 0.05) is 12.2 Å². The fourth-order valence-electron chi connectivity index (χ4n) is 3.48. The highest BCUT2D eigenvalue weighted by molar-refractivity contribution is 8.00. The van der Waals surface area contributed by atoms with Crippen molar-refractivity contribution in [2.45, 2.75) is 18.9 Å². The Balaban J connectivity index is 1.83. The molecule has 2 aromatic carbocycles. The minimum Gasteiger partial charge on any atom is -0.497 e. The van der Waals surface area contributed by atoms with Gasteiger partial charge in [-0.25, -0.2) is 8.42 Å². The highest BCUT2D eigenvalue weighted by Gasteiger charge is 2.36. The summed E-state index contributed by atoms with van der Waals surface area (Å²) in [7, 11) is -2.16. The minimum atomic E-state index is -3.73. The topological polar surface area (TPSA) is 77.0 Å². The second-order valence-electron chi connectivity index (χ2n) is 6.73. The molecule has 0 radical (unpaired) electrons. The molecule has 146 valence electrons. The summed E-state index contributed by atoms with van der Waals surface area (Å²) in [5.74, 6) is 1.04. The van der Waals surface area contributed by atoms with Gasteiger partial charge < -0.3 is 9.47 Å². The molecule has 0 bridgehead atoms. The number of hydrogen-bond acceptors (Lipinski definition) is 5. The maximum Gasteiger partial charge on any atom is 0.264 e. The van der Waals surface area contributed by atoms with Crippen LogP contribution in [0.5, 0.6) is 5.75 Å². The van der Waals surface area contributed by atoms with Crippen LogP contribution in [0.3, 0.4) is 0 Å². The lowest BCUT2D eigenvalue weighted by Crippen LogP contribution is -2.25. The van der Waals surface area contributed by atoms with Crippen LogP contribution in [-0.4, -0.2) is 40.6 Å². The first kappa shape index (κ1) is 18.7. The highest BCUT2D eigenvalue weighted by atomic mass is 32.2. The Kier molecular flexibility index (Phi) is 5.19. The SMILES string of the molecule is COc1ccc(C2=C(c3ccccc3)C(=NCC3CCCO3)NS2(=O)=O)cc1. The van der Waals surface area contributed by atoms with E-state index in [-0.39, 0.29) is 11.0 Å². The molecule has 1 N–H and O–H groups in total. The first-order valence-corrected chi connectivity index (χ1v) is 10.7. The van der Waals surface area contributed by atoms with E-state index in [0.29, 0.717) is 29.3 Å². The third-order valence-electron chi connectivity index (χ3n) is 4.86. The second kappa shape index (κ2) is 7.77. The summed E-state index contributed by atoms with van der Waals surface area (Å²) in [5, 5.41) is 0. The fourth-order valence-corrected chi connectivity index (χ4v) is 4.93. The van der Waals surface area contributed by atoms with Crippen molar-refractivity contribution >= 4 is 26.3 Å². The van der Waals surface area contributed by atoms with Crippen molar-refractivity contribution < 1.29 is 17.9 Å². The molecule has 0 saturated carbocycles. The maximum atomic E-state index is 13.0. The lowest BCUT2D eigenvalue weighted by Gasteiger charge is -2.09. The Hall–Kier alpha value is -2.64. The standard InChI is InChI=1S/C21H22N2O4S/c1-26-17-11-9-16(10-12-17)20-19(15-6-3-2-4-7-15)21(23-28(20,24)25)22-14-18-8-5-13-27-18/h2-4,6-7,9-12,18H,5,8,13-14H2,1H3,(H,22,23). The quantitative estimate of drug-likeness (QED) is 0.840. The van der Waals surface area contributed by atoms with Gasteiger partial charge in [-0.1, -0.05) is 30.3 Å². The van der Waals surface area contributed by atoms with E-state index in [2.05, 4.69) is 9.71 Å². The number of amidine groups is 1. The number of nitrogens with zero attached hydrogens (tertiary/aromatic N) is 1. The number of benzene rings is 2. The zero-order valence-electron chi connectivity index (χ0n) is 15.6. The van der Waals surface area contributed by atoms with E-state index in [1.165, 1.54) is 0 Å². The number of nitrogens with one attached hydrogen (secondary N) is 1. The van der Waals surface area contributed by atoms with Crippen LogP contribution in [0.25, 0.3) is 10.5 Å². The van der Waals surface area contributed by atoms with Crippen LogP contribution >= 0.6 is 0 Å². The summed E-state index contributed by atoms with van der Waals surface area (Å²) in [6, 6.07) is 16.5. The van der Waals surface area contributed by atoms with Crippen molar-refractivity contribution in [2.75, 3.05) is 20.3 Å². The molecule has 2 aliphatic heterocycles. The van der Waals surface area contributed by atoms with Crippen LogP contribution in [0.2, 0.25) is 0 Å². The number of aliphatic imine (C=N–C) groups is 1. The summed E-state index contributed by atoms with van der Waals surface area (Å²) < 4.78 is 39.5. The van der Waals surface area contributed by atoms with E-state index in [1.807, 2.05) is 30.3 Å². The van der Waals surface area contributed by atoms with Crippen LogP contribution in [0.4, 0.5) is 0 Å². The Morgan fingerprint density at radius 1 is 1.11 bits per heavy atom. The normalized spacial score (nSPS) is 22.5. The van der Waals surface area contributed by atoms with Gasteiger partial charge in [0.05, 0.1) is 19.8 Å². The summed E-state index contributed by atoms with van der Waals surface area (Å²) in [6.45, 7) is 1.17. The molecule has 1 saturated heterocycles. The van der Waals surface area contributed by atoms with Gasteiger partial charge in [-0.2, -0.15) is 0 Å². The molecule has 2 heterocycles. The van der Waals surface area contributed by atoms with Crippen molar-refractivity contribution in [3.8, 4) is 5.75 Å². The Labute approximate surface area is 165 Å². The first-order valence-electron chi connectivity index (χ1n) is 9.22. The highest BCUT2D eigenvalue weighted by Crippen LogP contribution is 2.36. The Morgan fingerprint density at radius 2 is 1.86 bits per heavy atom. The van der Waals surface area contributed by atoms with Gasteiger partial charge in [-0.3, -0.25) is 9.71 Å². The predicted molar refractivity (Wildman–Crippen MR) is 110 cm³/mol. The van der Waals surface area contributed by atoms with E-state index in [9.17, 15) is 8.42 Å². The molecule has 4 rings (SSSR count). The van der Waals surface area contributed by atoms with Gasteiger partial charge in [-0.05, 0) is 48.2 Å². The summed E-state index contributed by atoms with van der Waals surface area (Å²) in [6.07, 6.45) is 2.00. The number of methoxy groups -OCH3 is 1. The van der Waals surface area contributed by atoms with Gasteiger partial charge in [-0.15, -0.1) is 0 Å². The van der Waals surface area contributed by atoms with Gasteiger partial charge >= 0.3 is 0 Å². The molecule has 1 unspecified atom stereocenters. The third-order valence-corrected chi connectivity index (χ3v) is 6.29. The molecular formula is C21H22N2O4S. The number of ether oxygens (including phenoxy) is 2. The number of hydrogen-bond donors (Lipinski definition) is 1. The molecule has 1 fully saturated rings. The molecule has 0 aliphatic carbocycles. The predicted octanol–water partition coefficient (Wildman–Crippen LogP) is 3.07. The minimum absolute atomic E-state index is 0.0408. The largest absolute Gasteiger partial charge is 0.497 e. The van der Waals surface area contributed by atoms with Gasteiger partial charge in [0.1, 0.15) is 16.5 Å². The van der Waals surface area contributed by atoms with Crippen molar-refractivity contribution in [1.29, 1.82) is 0 Å².